The van der Waals surface area contributed by atoms with E-state index in [1.165, 1.54) is 43.5 Å². The first kappa shape index (κ1) is 20.4. The van der Waals surface area contributed by atoms with Crippen LogP contribution in [0.4, 0.5) is 0 Å². The van der Waals surface area contributed by atoms with Gasteiger partial charge in [0.25, 0.3) is 0 Å². The minimum absolute atomic E-state index is 0.0418. The van der Waals surface area contributed by atoms with Crippen LogP contribution in [0.5, 0.6) is 0 Å². The second-order valence-electron chi connectivity index (χ2n) is 8.08. The molecule has 1 amide bonds. The summed E-state index contributed by atoms with van der Waals surface area (Å²) in [6.07, 6.45) is 3.91. The molecule has 4 rings (SSSR count). The molecule has 0 aliphatic carbocycles. The Hall–Kier alpha value is -2.91. The van der Waals surface area contributed by atoms with Gasteiger partial charge in [-0.1, -0.05) is 91.3 Å². The van der Waals surface area contributed by atoms with Crippen molar-refractivity contribution in [3.05, 3.63) is 107 Å². The Labute approximate surface area is 179 Å². The number of carbonyl (C=O) groups is 1. The van der Waals surface area contributed by atoms with Crippen LogP contribution in [0.3, 0.4) is 0 Å². The van der Waals surface area contributed by atoms with E-state index in [0.717, 1.165) is 17.7 Å². The molecule has 1 aliphatic rings. The van der Waals surface area contributed by atoms with Crippen LogP contribution < -0.4 is 5.32 Å². The fraction of sp³-hybridized carbons (Fsp3) is 0.296. The standard InChI is InChI=1S/C27H30N2O/c30-27(26(22-12-4-1-5-13-22)23-14-6-2-7-15-23)28-20-24-16-8-9-17-25(24)21-29-18-10-3-11-19-29/h1-2,4-9,12-17,26H,3,10-11,18-21H2,(H,28,30). The lowest BCUT2D eigenvalue weighted by Gasteiger charge is -2.27. The van der Waals surface area contributed by atoms with Gasteiger partial charge in [-0.25, -0.2) is 0 Å². The van der Waals surface area contributed by atoms with Crippen molar-refractivity contribution in [2.45, 2.75) is 38.3 Å². The molecule has 1 fully saturated rings. The van der Waals surface area contributed by atoms with Crippen molar-refractivity contribution in [1.82, 2.24) is 10.2 Å². The first-order valence-corrected chi connectivity index (χ1v) is 11.0. The Bertz CT molecular complexity index is 894. The summed E-state index contributed by atoms with van der Waals surface area (Å²) in [6.45, 7) is 3.86. The molecule has 154 valence electrons. The predicted molar refractivity (Wildman–Crippen MR) is 122 cm³/mol. The summed E-state index contributed by atoms with van der Waals surface area (Å²) in [5, 5.41) is 3.22. The summed E-state index contributed by atoms with van der Waals surface area (Å²) in [4.78, 5) is 15.8. The second-order valence-corrected chi connectivity index (χ2v) is 8.08. The molecule has 0 unspecified atom stereocenters. The highest BCUT2D eigenvalue weighted by atomic mass is 16.1. The molecule has 0 bridgehead atoms. The van der Waals surface area contributed by atoms with E-state index < -0.39 is 0 Å². The molecule has 1 aliphatic heterocycles. The number of likely N-dealkylation sites (tertiary alicyclic amines) is 1. The average Bonchev–Trinajstić information content (AvgIpc) is 2.81. The maximum atomic E-state index is 13.3. The number of hydrogen-bond donors (Lipinski definition) is 1. The van der Waals surface area contributed by atoms with Gasteiger partial charge in [-0.2, -0.15) is 0 Å². The van der Waals surface area contributed by atoms with Gasteiger partial charge in [0, 0.05) is 13.1 Å². The van der Waals surface area contributed by atoms with E-state index in [2.05, 4.69) is 34.5 Å². The lowest BCUT2D eigenvalue weighted by molar-refractivity contribution is -0.121. The van der Waals surface area contributed by atoms with Gasteiger partial charge >= 0.3 is 0 Å². The zero-order valence-electron chi connectivity index (χ0n) is 17.5. The average molecular weight is 399 g/mol. The highest BCUT2D eigenvalue weighted by molar-refractivity contribution is 5.87. The predicted octanol–water partition coefficient (Wildman–Crippen LogP) is 5.12. The summed E-state index contributed by atoms with van der Waals surface area (Å²) >= 11 is 0. The molecule has 1 N–H and O–H groups in total. The quantitative estimate of drug-likeness (QED) is 0.599. The van der Waals surface area contributed by atoms with Crippen LogP contribution in [-0.4, -0.2) is 23.9 Å². The van der Waals surface area contributed by atoms with Crippen LogP contribution >= 0.6 is 0 Å². The maximum Gasteiger partial charge on any atom is 0.232 e. The molecule has 3 aromatic carbocycles. The summed E-state index contributed by atoms with van der Waals surface area (Å²) < 4.78 is 0. The van der Waals surface area contributed by atoms with Crippen LogP contribution in [0.1, 0.15) is 47.4 Å². The van der Waals surface area contributed by atoms with Gasteiger partial charge in [-0.05, 0) is 48.2 Å². The summed E-state index contributed by atoms with van der Waals surface area (Å²) in [5.41, 5.74) is 4.55. The first-order valence-electron chi connectivity index (χ1n) is 11.0. The van der Waals surface area contributed by atoms with Gasteiger partial charge in [0.05, 0.1) is 5.92 Å². The highest BCUT2D eigenvalue weighted by Crippen LogP contribution is 2.25. The zero-order valence-corrected chi connectivity index (χ0v) is 17.5. The van der Waals surface area contributed by atoms with E-state index in [9.17, 15) is 4.79 Å². The van der Waals surface area contributed by atoms with E-state index in [4.69, 9.17) is 0 Å². The first-order chi connectivity index (χ1) is 14.8. The van der Waals surface area contributed by atoms with Gasteiger partial charge in [0.2, 0.25) is 5.91 Å². The number of nitrogens with zero attached hydrogens (tertiary/aromatic N) is 1. The van der Waals surface area contributed by atoms with Crippen LogP contribution in [0.2, 0.25) is 0 Å². The van der Waals surface area contributed by atoms with Crippen molar-refractivity contribution in [3.8, 4) is 0 Å². The molecule has 0 radical (unpaired) electrons. The SMILES string of the molecule is O=C(NCc1ccccc1CN1CCCCC1)C(c1ccccc1)c1ccccc1. The topological polar surface area (TPSA) is 32.3 Å². The lowest BCUT2D eigenvalue weighted by atomic mass is 9.90. The molecule has 1 saturated heterocycles. The summed E-state index contributed by atoms with van der Waals surface area (Å²) in [7, 11) is 0. The Morgan fingerprint density at radius 1 is 0.733 bits per heavy atom. The van der Waals surface area contributed by atoms with Crippen molar-refractivity contribution in [1.29, 1.82) is 0 Å². The number of rotatable bonds is 7. The lowest BCUT2D eigenvalue weighted by Crippen LogP contribution is -2.31. The number of amides is 1. The van der Waals surface area contributed by atoms with Crippen molar-refractivity contribution < 1.29 is 4.79 Å². The van der Waals surface area contributed by atoms with Gasteiger partial charge in [-0.3, -0.25) is 9.69 Å². The molecule has 0 spiro atoms. The van der Waals surface area contributed by atoms with E-state index in [0.29, 0.717) is 6.54 Å². The number of nitrogens with one attached hydrogen (secondary N) is 1. The number of hydrogen-bond acceptors (Lipinski definition) is 2. The van der Waals surface area contributed by atoms with Crippen molar-refractivity contribution in [2.24, 2.45) is 0 Å². The van der Waals surface area contributed by atoms with Crippen molar-refractivity contribution in [3.63, 3.8) is 0 Å². The monoisotopic (exact) mass is 398 g/mol. The van der Waals surface area contributed by atoms with Crippen LogP contribution in [0.25, 0.3) is 0 Å². The second kappa shape index (κ2) is 10.2. The largest absolute Gasteiger partial charge is 0.351 e. The third-order valence-corrected chi connectivity index (χ3v) is 5.94. The normalized spacial score (nSPS) is 14.6. The Kier molecular flexibility index (Phi) is 6.94. The molecular formula is C27H30N2O. The smallest absolute Gasteiger partial charge is 0.232 e. The van der Waals surface area contributed by atoms with Gasteiger partial charge < -0.3 is 5.32 Å². The molecule has 3 aromatic rings. The molecule has 3 nitrogen and oxygen atoms in total. The van der Waals surface area contributed by atoms with Gasteiger partial charge in [0.1, 0.15) is 0 Å². The Morgan fingerprint density at radius 3 is 1.87 bits per heavy atom. The van der Waals surface area contributed by atoms with Gasteiger partial charge in [-0.15, -0.1) is 0 Å². The van der Waals surface area contributed by atoms with Crippen LogP contribution in [0.15, 0.2) is 84.9 Å². The summed E-state index contributed by atoms with van der Waals surface area (Å²) in [6, 6.07) is 28.6. The molecule has 30 heavy (non-hydrogen) atoms. The van der Waals surface area contributed by atoms with Crippen LogP contribution in [-0.2, 0) is 17.9 Å². The zero-order chi connectivity index (χ0) is 20.6. The maximum absolute atomic E-state index is 13.3. The van der Waals surface area contributed by atoms with E-state index in [1.54, 1.807) is 0 Å². The minimum atomic E-state index is -0.304. The molecule has 0 aromatic heterocycles. The number of carbonyl (C=O) groups excluding carboxylic acids is 1. The Balaban J connectivity index is 1.49. The molecular weight excluding hydrogens is 368 g/mol. The number of benzene rings is 3. The van der Waals surface area contributed by atoms with E-state index in [-0.39, 0.29) is 11.8 Å². The Morgan fingerprint density at radius 2 is 1.27 bits per heavy atom. The van der Waals surface area contributed by atoms with E-state index in [1.807, 2.05) is 60.7 Å². The third-order valence-electron chi connectivity index (χ3n) is 5.94. The minimum Gasteiger partial charge on any atom is -0.351 e. The fourth-order valence-corrected chi connectivity index (χ4v) is 4.31. The molecule has 0 saturated carbocycles. The van der Waals surface area contributed by atoms with Gasteiger partial charge in [0.15, 0.2) is 0 Å². The third kappa shape index (κ3) is 5.17. The summed E-state index contributed by atoms with van der Waals surface area (Å²) in [5.74, 6) is -0.262. The van der Waals surface area contributed by atoms with E-state index >= 15 is 0 Å². The van der Waals surface area contributed by atoms with Crippen molar-refractivity contribution in [2.75, 3.05) is 13.1 Å². The van der Waals surface area contributed by atoms with Crippen LogP contribution in [0, 0.1) is 0 Å². The molecule has 0 atom stereocenters. The fourth-order valence-electron chi connectivity index (χ4n) is 4.31. The highest BCUT2D eigenvalue weighted by Gasteiger charge is 2.22. The van der Waals surface area contributed by atoms with Crippen molar-refractivity contribution >= 4 is 5.91 Å². The molecule has 3 heteroatoms. The molecule has 1 heterocycles. The number of piperidine rings is 1.